The summed E-state index contributed by atoms with van der Waals surface area (Å²) in [6.07, 6.45) is -2.19. The molecule has 0 radical (unpaired) electrons. The van der Waals surface area contributed by atoms with E-state index in [2.05, 4.69) is 22.9 Å². The molecule has 2 aromatic rings. The van der Waals surface area contributed by atoms with E-state index in [1.165, 1.54) is 13.1 Å². The minimum atomic E-state index is -1.64. The average Bonchev–Trinajstić information content (AvgIpc) is 3.22. The average molecular weight is 503 g/mol. The molecule has 3 unspecified atom stereocenters. The second-order valence-corrected chi connectivity index (χ2v) is 7.85. The van der Waals surface area contributed by atoms with Crippen molar-refractivity contribution >= 4 is 30.5 Å². The Bertz CT molecular complexity index is 1080. The van der Waals surface area contributed by atoms with Crippen molar-refractivity contribution in [1.29, 1.82) is 0 Å². The van der Waals surface area contributed by atoms with E-state index in [-0.39, 0.29) is 17.9 Å². The van der Waals surface area contributed by atoms with Gasteiger partial charge in [0.1, 0.15) is 29.9 Å². The number of hydrogen-bond donors (Lipinski definition) is 1. The first kappa shape index (κ1) is 25.5. The molecule has 0 saturated carbocycles. The third-order valence-electron chi connectivity index (χ3n) is 4.79. The third-order valence-corrected chi connectivity index (χ3v) is 5.20. The highest BCUT2D eigenvalue weighted by molar-refractivity contribution is 7.80. The van der Waals surface area contributed by atoms with Crippen molar-refractivity contribution in [2.75, 3.05) is 6.61 Å². The molecule has 1 fully saturated rings. The predicted octanol–water partition coefficient (Wildman–Crippen LogP) is 1.98. The van der Waals surface area contributed by atoms with Crippen molar-refractivity contribution in [1.82, 2.24) is 15.0 Å². The fourth-order valence-electron chi connectivity index (χ4n) is 3.46. The van der Waals surface area contributed by atoms with Crippen LogP contribution in [0.1, 0.15) is 26.8 Å². The Kier molecular flexibility index (Phi) is 7.82. The molecule has 0 bridgehead atoms. The zero-order valence-corrected chi connectivity index (χ0v) is 19.0. The molecule has 10 nitrogen and oxygen atoms in total. The molecular formula is C20H20F3N3O7S. The zero-order valence-electron chi connectivity index (χ0n) is 18.1. The first-order valence-electron chi connectivity index (χ1n) is 9.86. The van der Waals surface area contributed by atoms with Crippen LogP contribution in [0.3, 0.4) is 0 Å². The molecule has 34 heavy (non-hydrogen) atoms. The van der Waals surface area contributed by atoms with E-state index in [9.17, 15) is 27.6 Å². The van der Waals surface area contributed by atoms with Crippen molar-refractivity contribution in [2.45, 2.75) is 50.6 Å². The quantitative estimate of drug-likeness (QED) is 0.273. The fraction of sp³-hybridized carbons (Fsp3) is 0.450. The zero-order chi connectivity index (χ0) is 25.2. The summed E-state index contributed by atoms with van der Waals surface area (Å²) in [4.78, 5) is 34.9. The molecule has 1 saturated heterocycles. The van der Waals surface area contributed by atoms with Gasteiger partial charge in [0.15, 0.2) is 29.7 Å². The van der Waals surface area contributed by atoms with E-state index in [0.717, 1.165) is 30.7 Å². The van der Waals surface area contributed by atoms with Crippen LogP contribution in [0.25, 0.3) is 11.3 Å². The normalized spacial score (nSPS) is 24.4. The Labute approximate surface area is 196 Å². The summed E-state index contributed by atoms with van der Waals surface area (Å²) in [7, 11) is 0. The first-order chi connectivity index (χ1) is 16.0. The topological polar surface area (TPSA) is 119 Å². The Balaban J connectivity index is 2.05. The maximum atomic E-state index is 13.7. The van der Waals surface area contributed by atoms with E-state index in [1.54, 1.807) is 0 Å². The van der Waals surface area contributed by atoms with Crippen LogP contribution in [0, 0.1) is 17.5 Å². The summed E-state index contributed by atoms with van der Waals surface area (Å²) in [6, 6.07) is 0.366. The lowest BCUT2D eigenvalue weighted by Crippen LogP contribution is -2.57. The van der Waals surface area contributed by atoms with Crippen LogP contribution in [0.4, 0.5) is 13.2 Å². The summed E-state index contributed by atoms with van der Waals surface area (Å²) in [5.74, 6) is -6.56. The van der Waals surface area contributed by atoms with Crippen LogP contribution in [-0.2, 0) is 33.3 Å². The molecule has 0 N–H and O–H groups in total. The molecule has 184 valence electrons. The van der Waals surface area contributed by atoms with Crippen molar-refractivity contribution in [2.24, 2.45) is 0 Å². The summed E-state index contributed by atoms with van der Waals surface area (Å²) in [6.45, 7) is 3.11. The van der Waals surface area contributed by atoms with E-state index in [1.807, 2.05) is 0 Å². The van der Waals surface area contributed by atoms with Gasteiger partial charge in [0.2, 0.25) is 0 Å². The molecule has 0 amide bonds. The van der Waals surface area contributed by atoms with Gasteiger partial charge in [0.25, 0.3) is 0 Å². The highest BCUT2D eigenvalue weighted by Gasteiger charge is 2.50. The SMILES string of the molecule is CC(=O)OCC1O[C@H](S)C(OC(C)=O)C(n2cc(-c3cc(F)c(F)c(F)c3)nn2)[C@H]1OC(C)=O. The number of halogens is 3. The van der Waals surface area contributed by atoms with Crippen molar-refractivity contribution in [3.63, 3.8) is 0 Å². The number of esters is 3. The maximum absolute atomic E-state index is 13.7. The molecule has 1 aromatic heterocycles. The highest BCUT2D eigenvalue weighted by atomic mass is 32.1. The Morgan fingerprint density at radius 3 is 2.18 bits per heavy atom. The molecule has 2 heterocycles. The summed E-state index contributed by atoms with van der Waals surface area (Å²) in [5.41, 5.74) is -1.25. The number of carbonyl (C=O) groups is 3. The Morgan fingerprint density at radius 1 is 1.03 bits per heavy atom. The van der Waals surface area contributed by atoms with E-state index >= 15 is 0 Å². The van der Waals surface area contributed by atoms with Gasteiger partial charge >= 0.3 is 17.9 Å². The highest BCUT2D eigenvalue weighted by Crippen LogP contribution is 2.36. The van der Waals surface area contributed by atoms with Crippen LogP contribution in [0.5, 0.6) is 0 Å². The molecule has 1 aromatic carbocycles. The van der Waals surface area contributed by atoms with Crippen LogP contribution in [0.2, 0.25) is 0 Å². The Morgan fingerprint density at radius 2 is 1.62 bits per heavy atom. The van der Waals surface area contributed by atoms with E-state index in [4.69, 9.17) is 18.9 Å². The van der Waals surface area contributed by atoms with E-state index < -0.39 is 65.1 Å². The number of thiol groups is 1. The smallest absolute Gasteiger partial charge is 0.303 e. The Hall–Kier alpha value is -3.13. The van der Waals surface area contributed by atoms with Gasteiger partial charge in [-0.2, -0.15) is 0 Å². The monoisotopic (exact) mass is 503 g/mol. The van der Waals surface area contributed by atoms with Gasteiger partial charge in [0, 0.05) is 26.3 Å². The van der Waals surface area contributed by atoms with Crippen LogP contribution < -0.4 is 0 Å². The number of benzene rings is 1. The van der Waals surface area contributed by atoms with Crippen molar-refractivity contribution in [3.05, 3.63) is 35.8 Å². The van der Waals surface area contributed by atoms with Gasteiger partial charge in [-0.15, -0.1) is 17.7 Å². The minimum Gasteiger partial charge on any atom is -0.463 e. The number of carbonyl (C=O) groups excluding carboxylic acids is 3. The van der Waals surface area contributed by atoms with E-state index in [0.29, 0.717) is 0 Å². The first-order valence-corrected chi connectivity index (χ1v) is 10.4. The van der Waals surface area contributed by atoms with Crippen LogP contribution in [0.15, 0.2) is 18.3 Å². The molecule has 14 heteroatoms. The van der Waals surface area contributed by atoms with Gasteiger partial charge in [-0.1, -0.05) is 5.21 Å². The van der Waals surface area contributed by atoms with Crippen molar-refractivity contribution < 1.29 is 46.5 Å². The maximum Gasteiger partial charge on any atom is 0.303 e. The third kappa shape index (κ3) is 5.67. The summed E-state index contributed by atoms with van der Waals surface area (Å²) in [5, 5.41) is 7.78. The minimum absolute atomic E-state index is 0.0558. The molecule has 1 aliphatic heterocycles. The van der Waals surface area contributed by atoms with Crippen molar-refractivity contribution in [3.8, 4) is 11.3 Å². The van der Waals surface area contributed by atoms with Crippen LogP contribution in [-0.4, -0.2) is 63.3 Å². The molecule has 0 aliphatic carbocycles. The number of aromatic nitrogens is 3. The second-order valence-electron chi connectivity index (χ2n) is 7.34. The van der Waals surface area contributed by atoms with Gasteiger partial charge in [-0.3, -0.25) is 14.4 Å². The van der Waals surface area contributed by atoms with Gasteiger partial charge < -0.3 is 18.9 Å². The lowest BCUT2D eigenvalue weighted by Gasteiger charge is -2.43. The van der Waals surface area contributed by atoms with Gasteiger partial charge in [0.05, 0.1) is 6.20 Å². The van der Waals surface area contributed by atoms with Crippen LogP contribution >= 0.6 is 12.6 Å². The second kappa shape index (κ2) is 10.4. The standard InChI is InChI=1S/C20H20F3N3O7S/c1-8(27)30-7-15-18(31-9(2)28)17(19(20(34)33-15)32-10(3)29)26-6-14(24-25-26)11-4-12(21)16(23)13(22)5-11/h4-6,15,17-20,34H,7H2,1-3H3/t15?,17?,18-,19?,20+/m0/s1. The number of rotatable bonds is 6. The number of hydrogen-bond acceptors (Lipinski definition) is 10. The molecule has 0 spiro atoms. The number of ether oxygens (including phenoxy) is 4. The molecule has 1 aliphatic rings. The molecular weight excluding hydrogens is 483 g/mol. The predicted molar refractivity (Wildman–Crippen MR) is 110 cm³/mol. The lowest BCUT2D eigenvalue weighted by atomic mass is 9.96. The summed E-state index contributed by atoms with van der Waals surface area (Å²) < 4.78 is 63.3. The molecule has 3 rings (SSSR count). The van der Waals surface area contributed by atoms with Gasteiger partial charge in [-0.05, 0) is 12.1 Å². The summed E-state index contributed by atoms with van der Waals surface area (Å²) >= 11 is 4.31. The largest absolute Gasteiger partial charge is 0.463 e. The lowest BCUT2D eigenvalue weighted by molar-refractivity contribution is -0.211. The molecule has 5 atom stereocenters. The fourth-order valence-corrected chi connectivity index (χ4v) is 3.85. The number of nitrogens with zero attached hydrogens (tertiary/aromatic N) is 3. The van der Waals surface area contributed by atoms with Gasteiger partial charge in [-0.25, -0.2) is 17.9 Å².